The number of carbonyl (C=O) groups excluding carboxylic acids is 1. The molecule has 2 heterocycles. The molecule has 3 rings (SSSR count). The lowest BCUT2D eigenvalue weighted by Crippen LogP contribution is -2.39. The van der Waals surface area contributed by atoms with Crippen molar-refractivity contribution in [1.82, 2.24) is 14.8 Å². The Morgan fingerprint density at radius 2 is 2.04 bits per heavy atom. The molecule has 1 fully saturated rings. The van der Waals surface area contributed by atoms with Gasteiger partial charge < -0.3 is 9.64 Å². The van der Waals surface area contributed by atoms with Crippen LogP contribution in [0.15, 0.2) is 24.4 Å². The maximum Gasteiger partial charge on any atom is 0.414 e. The zero-order valence-electron chi connectivity index (χ0n) is 14.6. The molecule has 1 aromatic carbocycles. The first kappa shape index (κ1) is 19.3. The fourth-order valence-electron chi connectivity index (χ4n) is 2.81. The van der Waals surface area contributed by atoms with Crippen molar-refractivity contribution in [2.75, 3.05) is 38.7 Å². The van der Waals surface area contributed by atoms with Gasteiger partial charge in [-0.3, -0.25) is 9.88 Å². The monoisotopic (exact) mass is 489 g/mol. The molecule has 1 aliphatic rings. The second kappa shape index (κ2) is 7.65. The Morgan fingerprint density at radius 3 is 2.69 bits per heavy atom. The van der Waals surface area contributed by atoms with E-state index >= 15 is 0 Å². The molecule has 0 bridgehead atoms. The van der Waals surface area contributed by atoms with Gasteiger partial charge in [-0.1, -0.05) is 6.07 Å². The smallest absolute Gasteiger partial charge is 0.407 e. The molecule has 26 heavy (non-hydrogen) atoms. The normalized spacial score (nSPS) is 17.2. The lowest BCUT2D eigenvalue weighted by Gasteiger charge is -2.27. The van der Waals surface area contributed by atoms with Crippen LogP contribution in [0.25, 0.3) is 10.9 Å². The minimum Gasteiger partial charge on any atom is -0.407 e. The van der Waals surface area contributed by atoms with Crippen LogP contribution in [0.3, 0.4) is 0 Å². The highest BCUT2D eigenvalue weighted by Crippen LogP contribution is 2.33. The predicted molar refractivity (Wildman–Crippen MR) is 108 cm³/mol. The van der Waals surface area contributed by atoms with Crippen molar-refractivity contribution in [3.63, 3.8) is 0 Å². The Morgan fingerprint density at radius 1 is 1.35 bits per heavy atom. The highest BCUT2D eigenvalue weighted by atomic mass is 127. The van der Waals surface area contributed by atoms with E-state index in [0.717, 1.165) is 14.5 Å². The van der Waals surface area contributed by atoms with E-state index < -0.39 is 15.9 Å². The number of halogens is 1. The molecule has 7 nitrogen and oxygen atoms in total. The van der Waals surface area contributed by atoms with E-state index in [1.165, 1.54) is 4.90 Å². The van der Waals surface area contributed by atoms with Crippen molar-refractivity contribution in [2.45, 2.75) is 6.54 Å². The van der Waals surface area contributed by atoms with Crippen LogP contribution in [0, 0.1) is 3.57 Å². The van der Waals surface area contributed by atoms with Gasteiger partial charge in [-0.15, -0.1) is 0 Å². The van der Waals surface area contributed by atoms with Crippen LogP contribution in [-0.4, -0.2) is 68.0 Å². The number of amides is 1. The van der Waals surface area contributed by atoms with Gasteiger partial charge in [-0.2, -0.15) is 0 Å². The number of pyridine rings is 1. The molecule has 9 heteroatoms. The number of benzene rings is 1. The van der Waals surface area contributed by atoms with Gasteiger partial charge in [0, 0.05) is 45.3 Å². The minimum atomic E-state index is -2.90. The Labute approximate surface area is 166 Å². The summed E-state index contributed by atoms with van der Waals surface area (Å²) in [6.07, 6.45) is 1.21. The topological polar surface area (TPSA) is 79.8 Å². The first-order chi connectivity index (χ1) is 12.3. The van der Waals surface area contributed by atoms with Gasteiger partial charge in [0.2, 0.25) is 0 Å². The average molecular weight is 489 g/mol. The number of hydrogen-bond donors (Lipinski definition) is 0. The lowest BCUT2D eigenvalue weighted by atomic mass is 10.1. The summed E-state index contributed by atoms with van der Waals surface area (Å²) in [7, 11) is 0.353. The summed E-state index contributed by atoms with van der Waals surface area (Å²) < 4.78 is 29.6. The summed E-state index contributed by atoms with van der Waals surface area (Å²) in [5, 5.41) is 0.905. The second-order valence-electron chi connectivity index (χ2n) is 6.44. The highest BCUT2D eigenvalue weighted by molar-refractivity contribution is 14.1. The molecule has 0 atom stereocenters. The summed E-state index contributed by atoms with van der Waals surface area (Å²) in [5.41, 5.74) is 1.68. The van der Waals surface area contributed by atoms with Gasteiger partial charge in [0.25, 0.3) is 0 Å². The molecule has 0 unspecified atom stereocenters. The number of ether oxygens (including phenoxy) is 1. The molecule has 0 saturated carbocycles. The molecule has 0 aliphatic carbocycles. The van der Waals surface area contributed by atoms with Gasteiger partial charge in [0.15, 0.2) is 15.6 Å². The largest absolute Gasteiger partial charge is 0.414 e. The number of sulfone groups is 1. The average Bonchev–Trinajstić information content (AvgIpc) is 2.59. The Kier molecular flexibility index (Phi) is 5.68. The van der Waals surface area contributed by atoms with E-state index in [4.69, 9.17) is 4.74 Å². The molecule has 0 spiro atoms. The molecule has 2 aromatic rings. The number of rotatable bonds is 3. The third-order valence-corrected chi connectivity index (χ3v) is 6.68. The van der Waals surface area contributed by atoms with Gasteiger partial charge >= 0.3 is 6.09 Å². The van der Waals surface area contributed by atoms with Crippen molar-refractivity contribution in [3.8, 4) is 5.75 Å². The number of aromatic nitrogens is 1. The Bertz CT molecular complexity index is 932. The molecular formula is C17H20IN3O4S. The second-order valence-corrected chi connectivity index (χ2v) is 9.90. The van der Waals surface area contributed by atoms with Crippen LogP contribution in [0.5, 0.6) is 5.75 Å². The number of nitrogens with zero attached hydrogens (tertiary/aromatic N) is 3. The standard InChI is InChI=1S/C17H20IN3O4S/c1-20(2)17(22)25-16-14(18)10-12(13-4-3-5-19-15(13)16)11-21-6-8-26(23,24)9-7-21/h3-5,10H,6-9,11H2,1-2H3. The van der Waals surface area contributed by atoms with Crippen molar-refractivity contribution in [3.05, 3.63) is 33.5 Å². The Hall–Kier alpha value is -1.46. The SMILES string of the molecule is CN(C)C(=O)Oc1c(I)cc(CN2CCS(=O)(=O)CC2)c2cccnc12. The van der Waals surface area contributed by atoms with E-state index in [9.17, 15) is 13.2 Å². The van der Waals surface area contributed by atoms with E-state index in [0.29, 0.717) is 30.9 Å². The van der Waals surface area contributed by atoms with Crippen molar-refractivity contribution in [1.29, 1.82) is 0 Å². The summed E-state index contributed by atoms with van der Waals surface area (Å²) in [5.74, 6) is 0.835. The molecule has 0 radical (unpaired) electrons. The molecule has 1 amide bonds. The van der Waals surface area contributed by atoms with E-state index in [1.807, 2.05) is 18.2 Å². The van der Waals surface area contributed by atoms with Crippen LogP contribution in [-0.2, 0) is 16.4 Å². The van der Waals surface area contributed by atoms with Crippen LogP contribution >= 0.6 is 22.6 Å². The van der Waals surface area contributed by atoms with Gasteiger partial charge in [0.1, 0.15) is 5.52 Å². The van der Waals surface area contributed by atoms with Crippen LogP contribution < -0.4 is 4.74 Å². The highest BCUT2D eigenvalue weighted by Gasteiger charge is 2.23. The molecule has 140 valence electrons. The summed E-state index contributed by atoms with van der Waals surface area (Å²) in [6, 6.07) is 5.77. The first-order valence-corrected chi connectivity index (χ1v) is 11.0. The van der Waals surface area contributed by atoms with Crippen molar-refractivity contribution < 1.29 is 17.9 Å². The lowest BCUT2D eigenvalue weighted by molar-refractivity contribution is 0.172. The third-order valence-electron chi connectivity index (χ3n) is 4.27. The molecular weight excluding hydrogens is 469 g/mol. The zero-order valence-corrected chi connectivity index (χ0v) is 17.6. The van der Waals surface area contributed by atoms with Gasteiger partial charge in [0.05, 0.1) is 15.1 Å². The fraction of sp³-hybridized carbons (Fsp3) is 0.412. The zero-order chi connectivity index (χ0) is 18.9. The fourth-order valence-corrected chi connectivity index (χ4v) is 4.83. The van der Waals surface area contributed by atoms with E-state index in [1.54, 1.807) is 20.3 Å². The van der Waals surface area contributed by atoms with Gasteiger partial charge in [-0.25, -0.2) is 13.2 Å². The quantitative estimate of drug-likeness (QED) is 0.615. The molecule has 1 aromatic heterocycles. The van der Waals surface area contributed by atoms with Gasteiger partial charge in [-0.05, 0) is 40.3 Å². The molecule has 1 aliphatic heterocycles. The minimum absolute atomic E-state index is 0.193. The summed E-state index contributed by atoms with van der Waals surface area (Å²) >= 11 is 2.14. The predicted octanol–water partition coefficient (Wildman–Crippen LogP) is 2.13. The number of carbonyl (C=O) groups is 1. The van der Waals surface area contributed by atoms with Crippen molar-refractivity contribution >= 4 is 49.4 Å². The van der Waals surface area contributed by atoms with Crippen molar-refractivity contribution in [2.24, 2.45) is 0 Å². The third kappa shape index (κ3) is 4.26. The molecule has 1 saturated heterocycles. The van der Waals surface area contributed by atoms with Crippen LogP contribution in [0.1, 0.15) is 5.56 Å². The maximum atomic E-state index is 12.0. The van der Waals surface area contributed by atoms with E-state index in [-0.39, 0.29) is 11.5 Å². The first-order valence-electron chi connectivity index (χ1n) is 8.15. The number of fused-ring (bicyclic) bond motifs is 1. The molecule has 0 N–H and O–H groups in total. The van der Waals surface area contributed by atoms with Crippen LogP contribution in [0.2, 0.25) is 0 Å². The summed E-state index contributed by atoms with van der Waals surface area (Å²) in [6.45, 7) is 1.69. The maximum absolute atomic E-state index is 12.0. The number of hydrogen-bond acceptors (Lipinski definition) is 6. The van der Waals surface area contributed by atoms with Crippen LogP contribution in [0.4, 0.5) is 4.79 Å². The summed E-state index contributed by atoms with van der Waals surface area (Å²) in [4.78, 5) is 19.9. The van der Waals surface area contributed by atoms with E-state index in [2.05, 4.69) is 32.5 Å². The Balaban J connectivity index is 1.94.